The van der Waals surface area contributed by atoms with Crippen molar-refractivity contribution in [3.63, 3.8) is 0 Å². The van der Waals surface area contributed by atoms with Crippen LogP contribution in [0.2, 0.25) is 0 Å². The molecule has 1 aliphatic rings. The van der Waals surface area contributed by atoms with Crippen LogP contribution in [0.25, 0.3) is 0 Å². The fourth-order valence-electron chi connectivity index (χ4n) is 3.47. The van der Waals surface area contributed by atoms with Crippen molar-refractivity contribution in [2.45, 2.75) is 19.1 Å². The number of benzene rings is 3. The van der Waals surface area contributed by atoms with E-state index in [4.69, 9.17) is 9.47 Å². The monoisotopic (exact) mass is 387 g/mol. The number of nitrogens with zero attached hydrogens (tertiary/aromatic N) is 1. The molecule has 146 valence electrons. The first-order valence-corrected chi connectivity index (χ1v) is 9.44. The second kappa shape index (κ2) is 8.19. The second-order valence-electron chi connectivity index (χ2n) is 6.86. The van der Waals surface area contributed by atoms with Crippen LogP contribution in [-0.4, -0.2) is 25.1 Å². The Morgan fingerprint density at radius 2 is 1.69 bits per heavy atom. The molecule has 3 aromatic carbocycles. The van der Waals surface area contributed by atoms with E-state index in [1.807, 2.05) is 66.7 Å². The smallest absolute Gasteiger partial charge is 0.339 e. The summed E-state index contributed by atoms with van der Waals surface area (Å²) in [5.74, 6) is 0.000321. The zero-order valence-electron chi connectivity index (χ0n) is 16.1. The third-order valence-corrected chi connectivity index (χ3v) is 5.00. The number of cyclic esters (lactones) is 1. The lowest BCUT2D eigenvalue weighted by Gasteiger charge is -2.30. The van der Waals surface area contributed by atoms with Crippen LogP contribution in [0.5, 0.6) is 5.75 Å². The van der Waals surface area contributed by atoms with Gasteiger partial charge in [-0.2, -0.15) is 0 Å². The highest BCUT2D eigenvalue weighted by atomic mass is 16.5. The van der Waals surface area contributed by atoms with Gasteiger partial charge in [0.1, 0.15) is 5.75 Å². The average molecular weight is 387 g/mol. The molecular formula is C24H21NO4. The zero-order chi connectivity index (χ0) is 20.2. The van der Waals surface area contributed by atoms with Crippen molar-refractivity contribution < 1.29 is 19.1 Å². The first-order valence-electron chi connectivity index (χ1n) is 9.44. The van der Waals surface area contributed by atoms with Crippen molar-refractivity contribution in [3.8, 4) is 5.75 Å². The summed E-state index contributed by atoms with van der Waals surface area (Å²) in [6.45, 7) is 0.377. The summed E-state index contributed by atoms with van der Waals surface area (Å²) in [6.07, 6.45) is -0.495. The summed E-state index contributed by atoms with van der Waals surface area (Å²) >= 11 is 0. The van der Waals surface area contributed by atoms with Crippen LogP contribution in [-0.2, 0) is 22.5 Å². The van der Waals surface area contributed by atoms with Crippen molar-refractivity contribution in [3.05, 3.63) is 95.6 Å². The van der Waals surface area contributed by atoms with Gasteiger partial charge in [0.25, 0.3) is 5.91 Å². The van der Waals surface area contributed by atoms with Gasteiger partial charge < -0.3 is 14.4 Å². The van der Waals surface area contributed by atoms with Crippen LogP contribution in [0.1, 0.15) is 21.5 Å². The number of amides is 1. The molecule has 1 amide bonds. The second-order valence-corrected chi connectivity index (χ2v) is 6.86. The minimum atomic E-state index is -0.858. The highest BCUT2D eigenvalue weighted by Crippen LogP contribution is 2.26. The van der Waals surface area contributed by atoms with Gasteiger partial charge in [0.05, 0.1) is 19.2 Å². The molecule has 0 aromatic heterocycles. The Labute approximate surface area is 169 Å². The molecule has 1 atom stereocenters. The van der Waals surface area contributed by atoms with Crippen molar-refractivity contribution >= 4 is 17.6 Å². The number of esters is 1. The highest BCUT2D eigenvalue weighted by Gasteiger charge is 2.34. The average Bonchev–Trinajstić information content (AvgIpc) is 2.78. The molecule has 1 unspecified atom stereocenters. The van der Waals surface area contributed by atoms with Gasteiger partial charge in [-0.05, 0) is 41.5 Å². The van der Waals surface area contributed by atoms with Crippen molar-refractivity contribution in [1.29, 1.82) is 0 Å². The number of rotatable bonds is 5. The lowest BCUT2D eigenvalue weighted by atomic mass is 9.97. The topological polar surface area (TPSA) is 55.8 Å². The Bertz CT molecular complexity index is 1010. The Hall–Kier alpha value is -3.60. The third-order valence-electron chi connectivity index (χ3n) is 5.00. The van der Waals surface area contributed by atoms with Gasteiger partial charge in [-0.25, -0.2) is 4.79 Å². The number of hydrogen-bond donors (Lipinski definition) is 0. The quantitative estimate of drug-likeness (QED) is 0.621. The molecule has 0 N–H and O–H groups in total. The largest absolute Gasteiger partial charge is 0.497 e. The molecule has 3 aromatic rings. The SMILES string of the molecule is COc1ccc(N(Cc2ccccc2)C(=O)C2Cc3ccccc3C(=O)O2)cc1. The molecule has 0 spiro atoms. The van der Waals surface area contributed by atoms with Gasteiger partial charge in [0.15, 0.2) is 6.10 Å². The van der Waals surface area contributed by atoms with Gasteiger partial charge in [-0.3, -0.25) is 4.79 Å². The maximum Gasteiger partial charge on any atom is 0.339 e. The lowest BCUT2D eigenvalue weighted by Crippen LogP contribution is -2.44. The molecule has 29 heavy (non-hydrogen) atoms. The van der Waals surface area contributed by atoms with Crippen LogP contribution in [0.4, 0.5) is 5.69 Å². The summed E-state index contributed by atoms with van der Waals surface area (Å²) in [5, 5.41) is 0. The Morgan fingerprint density at radius 3 is 2.41 bits per heavy atom. The van der Waals surface area contributed by atoms with E-state index in [-0.39, 0.29) is 5.91 Å². The third kappa shape index (κ3) is 3.99. The molecule has 1 heterocycles. The van der Waals surface area contributed by atoms with Gasteiger partial charge in [-0.15, -0.1) is 0 Å². The van der Waals surface area contributed by atoms with Crippen LogP contribution in [0.15, 0.2) is 78.9 Å². The summed E-state index contributed by atoms with van der Waals surface area (Å²) in [4.78, 5) is 27.5. The first kappa shape index (κ1) is 18.7. The Morgan fingerprint density at radius 1 is 1.00 bits per heavy atom. The van der Waals surface area contributed by atoms with E-state index >= 15 is 0 Å². The molecular weight excluding hydrogens is 366 g/mol. The lowest BCUT2D eigenvalue weighted by molar-refractivity contribution is -0.127. The Balaban J connectivity index is 1.65. The van der Waals surface area contributed by atoms with Crippen molar-refractivity contribution in [1.82, 2.24) is 0 Å². The number of hydrogen-bond acceptors (Lipinski definition) is 4. The van der Waals surface area contributed by atoms with E-state index in [1.54, 1.807) is 24.1 Å². The minimum absolute atomic E-state index is 0.248. The molecule has 4 rings (SSSR count). The standard InChI is InChI=1S/C24H21NO4/c1-28-20-13-11-19(12-14-20)25(16-17-7-3-2-4-8-17)23(26)22-15-18-9-5-6-10-21(18)24(27)29-22/h2-14,22H,15-16H2,1H3. The zero-order valence-corrected chi connectivity index (χ0v) is 16.1. The van der Waals surface area contributed by atoms with E-state index < -0.39 is 12.1 Å². The fraction of sp³-hybridized carbons (Fsp3) is 0.167. The van der Waals surface area contributed by atoms with Gasteiger partial charge in [0.2, 0.25) is 0 Å². The number of ether oxygens (including phenoxy) is 2. The highest BCUT2D eigenvalue weighted by molar-refractivity contribution is 6.01. The predicted molar refractivity (Wildman–Crippen MR) is 110 cm³/mol. The van der Waals surface area contributed by atoms with E-state index in [9.17, 15) is 9.59 Å². The predicted octanol–water partition coefficient (Wildman–Crippen LogP) is 4.01. The minimum Gasteiger partial charge on any atom is -0.497 e. The van der Waals surface area contributed by atoms with E-state index in [0.29, 0.717) is 24.3 Å². The molecule has 5 nitrogen and oxygen atoms in total. The molecule has 5 heteroatoms. The maximum absolute atomic E-state index is 13.4. The summed E-state index contributed by atoms with van der Waals surface area (Å²) in [6, 6.07) is 24.3. The van der Waals surface area contributed by atoms with Gasteiger partial charge in [0, 0.05) is 12.1 Å². The number of carbonyl (C=O) groups is 2. The summed E-state index contributed by atoms with van der Waals surface area (Å²) < 4.78 is 10.7. The molecule has 0 saturated heterocycles. The number of carbonyl (C=O) groups excluding carboxylic acids is 2. The fourth-order valence-corrected chi connectivity index (χ4v) is 3.47. The van der Waals surface area contributed by atoms with E-state index in [0.717, 1.165) is 16.8 Å². The van der Waals surface area contributed by atoms with Crippen LogP contribution < -0.4 is 9.64 Å². The molecule has 0 saturated carbocycles. The summed E-state index contributed by atoms with van der Waals surface area (Å²) in [5.41, 5.74) is 3.06. The first-order chi connectivity index (χ1) is 14.2. The molecule has 0 aliphatic carbocycles. The van der Waals surface area contributed by atoms with Crippen LogP contribution >= 0.6 is 0 Å². The molecule has 1 aliphatic heterocycles. The molecule has 0 fully saturated rings. The maximum atomic E-state index is 13.4. The van der Waals surface area contributed by atoms with E-state index in [2.05, 4.69) is 0 Å². The number of anilines is 1. The Kier molecular flexibility index (Phi) is 5.29. The van der Waals surface area contributed by atoms with Gasteiger partial charge >= 0.3 is 5.97 Å². The van der Waals surface area contributed by atoms with E-state index in [1.165, 1.54) is 0 Å². The van der Waals surface area contributed by atoms with Gasteiger partial charge in [-0.1, -0.05) is 48.5 Å². The molecule has 0 radical (unpaired) electrons. The molecule has 0 bridgehead atoms. The number of fused-ring (bicyclic) bond motifs is 1. The normalized spacial score (nSPS) is 15.2. The number of methoxy groups -OCH3 is 1. The van der Waals surface area contributed by atoms with Crippen LogP contribution in [0.3, 0.4) is 0 Å². The summed E-state index contributed by atoms with van der Waals surface area (Å²) in [7, 11) is 1.60. The van der Waals surface area contributed by atoms with Crippen molar-refractivity contribution in [2.75, 3.05) is 12.0 Å². The van der Waals surface area contributed by atoms with Crippen molar-refractivity contribution in [2.24, 2.45) is 0 Å². The van der Waals surface area contributed by atoms with Crippen LogP contribution in [0, 0.1) is 0 Å².